The van der Waals surface area contributed by atoms with Gasteiger partial charge in [0.25, 0.3) is 5.91 Å². The van der Waals surface area contributed by atoms with Crippen molar-refractivity contribution in [3.63, 3.8) is 0 Å². The van der Waals surface area contributed by atoms with E-state index in [1.54, 1.807) is 30.5 Å². The van der Waals surface area contributed by atoms with Crippen LogP contribution >= 0.6 is 11.6 Å². The first-order chi connectivity index (χ1) is 11.2. The van der Waals surface area contributed by atoms with Gasteiger partial charge in [-0.25, -0.2) is 4.98 Å². The average Bonchev–Trinajstić information content (AvgIpc) is 3.14. The molecule has 1 aliphatic heterocycles. The average molecular weight is 323 g/mol. The van der Waals surface area contributed by atoms with Gasteiger partial charge in [-0.1, -0.05) is 23.6 Å². The van der Waals surface area contributed by atoms with E-state index in [1.807, 2.05) is 23.1 Å². The summed E-state index contributed by atoms with van der Waals surface area (Å²) in [5.74, 6) is 7.08. The zero-order valence-electron chi connectivity index (χ0n) is 12.5. The largest absolute Gasteiger partial charge is 0.337 e. The Morgan fingerprint density at radius 2 is 2.09 bits per heavy atom. The Morgan fingerprint density at radius 1 is 1.26 bits per heavy atom. The second-order valence-electron chi connectivity index (χ2n) is 6.21. The van der Waals surface area contributed by atoms with Crippen molar-refractivity contribution in [1.82, 2.24) is 9.88 Å². The predicted octanol–water partition coefficient (Wildman–Crippen LogP) is 3.25. The molecule has 1 amide bonds. The van der Waals surface area contributed by atoms with Crippen LogP contribution in [0.3, 0.4) is 0 Å². The summed E-state index contributed by atoms with van der Waals surface area (Å²) >= 11 is 5.88. The van der Waals surface area contributed by atoms with Crippen LogP contribution in [0, 0.1) is 23.2 Å². The van der Waals surface area contributed by atoms with Crippen LogP contribution in [0.15, 0.2) is 48.7 Å². The van der Waals surface area contributed by atoms with Crippen molar-refractivity contribution >= 4 is 17.5 Å². The molecule has 2 unspecified atom stereocenters. The van der Waals surface area contributed by atoms with Gasteiger partial charge < -0.3 is 4.90 Å². The van der Waals surface area contributed by atoms with Crippen molar-refractivity contribution in [3.8, 4) is 11.8 Å². The predicted molar refractivity (Wildman–Crippen MR) is 89.0 cm³/mol. The lowest BCUT2D eigenvalue weighted by Gasteiger charge is -2.19. The Balaban J connectivity index is 1.49. The monoisotopic (exact) mass is 322 g/mol. The Labute approximate surface area is 140 Å². The summed E-state index contributed by atoms with van der Waals surface area (Å²) in [4.78, 5) is 18.7. The fourth-order valence-corrected chi connectivity index (χ4v) is 3.36. The summed E-state index contributed by atoms with van der Waals surface area (Å²) in [6.07, 6.45) is 2.83. The van der Waals surface area contributed by atoms with Crippen molar-refractivity contribution in [2.24, 2.45) is 11.3 Å². The molecule has 0 radical (unpaired) electrons. The van der Waals surface area contributed by atoms with E-state index in [0.717, 1.165) is 18.7 Å². The van der Waals surface area contributed by atoms with Crippen molar-refractivity contribution in [2.75, 3.05) is 13.1 Å². The number of fused-ring (bicyclic) bond motifs is 1. The highest BCUT2D eigenvalue weighted by molar-refractivity contribution is 6.30. The molecule has 114 valence electrons. The van der Waals surface area contributed by atoms with E-state index in [0.29, 0.717) is 23.0 Å². The summed E-state index contributed by atoms with van der Waals surface area (Å²) < 4.78 is 0. The van der Waals surface area contributed by atoms with Crippen LogP contribution in [0.1, 0.15) is 22.5 Å². The molecule has 0 spiro atoms. The summed E-state index contributed by atoms with van der Waals surface area (Å²) in [7, 11) is 0. The highest BCUT2D eigenvalue weighted by Crippen LogP contribution is 2.57. The minimum absolute atomic E-state index is 0.0282. The van der Waals surface area contributed by atoms with Gasteiger partial charge in [0, 0.05) is 29.9 Å². The first kappa shape index (κ1) is 14.3. The van der Waals surface area contributed by atoms with Gasteiger partial charge in [-0.05, 0) is 54.7 Å². The molecule has 2 atom stereocenters. The molecule has 2 aromatic rings. The maximum absolute atomic E-state index is 12.6. The Bertz CT molecular complexity index is 807. The first-order valence-electron chi connectivity index (χ1n) is 7.65. The van der Waals surface area contributed by atoms with Gasteiger partial charge in [0.05, 0.1) is 5.41 Å². The van der Waals surface area contributed by atoms with Crippen LogP contribution < -0.4 is 0 Å². The zero-order chi connectivity index (χ0) is 15.9. The molecule has 4 rings (SSSR count). The van der Waals surface area contributed by atoms with Crippen LogP contribution in [0.25, 0.3) is 0 Å². The minimum Gasteiger partial charge on any atom is -0.337 e. The number of aromatic nitrogens is 1. The van der Waals surface area contributed by atoms with Gasteiger partial charge in [0.15, 0.2) is 0 Å². The van der Waals surface area contributed by atoms with E-state index < -0.39 is 0 Å². The molecule has 1 saturated carbocycles. The van der Waals surface area contributed by atoms with Crippen molar-refractivity contribution in [1.29, 1.82) is 0 Å². The topological polar surface area (TPSA) is 33.2 Å². The minimum atomic E-state index is -0.0282. The van der Waals surface area contributed by atoms with Crippen molar-refractivity contribution < 1.29 is 4.79 Å². The third kappa shape index (κ3) is 2.71. The quantitative estimate of drug-likeness (QED) is 0.755. The molecule has 0 bridgehead atoms. The van der Waals surface area contributed by atoms with Crippen molar-refractivity contribution in [2.45, 2.75) is 6.42 Å². The number of likely N-dealkylation sites (tertiary alicyclic amines) is 1. The Morgan fingerprint density at radius 3 is 2.83 bits per heavy atom. The van der Waals surface area contributed by atoms with Gasteiger partial charge in [0.2, 0.25) is 0 Å². The second kappa shape index (κ2) is 5.40. The highest BCUT2D eigenvalue weighted by atomic mass is 35.5. The maximum atomic E-state index is 12.6. The van der Waals surface area contributed by atoms with Gasteiger partial charge in [0.1, 0.15) is 5.69 Å². The van der Waals surface area contributed by atoms with E-state index in [1.165, 1.54) is 0 Å². The van der Waals surface area contributed by atoms with Crippen LogP contribution in [-0.2, 0) is 0 Å². The Hall–Kier alpha value is -2.31. The van der Waals surface area contributed by atoms with E-state index in [-0.39, 0.29) is 11.3 Å². The number of hydrogen-bond acceptors (Lipinski definition) is 2. The number of carbonyl (C=O) groups is 1. The first-order valence-corrected chi connectivity index (χ1v) is 8.03. The lowest BCUT2D eigenvalue weighted by molar-refractivity contribution is 0.0770. The fraction of sp³-hybridized carbons (Fsp3) is 0.263. The van der Waals surface area contributed by atoms with Crippen LogP contribution in [0.2, 0.25) is 5.02 Å². The molecule has 1 aliphatic carbocycles. The lowest BCUT2D eigenvalue weighted by atomic mass is 10.1. The van der Waals surface area contributed by atoms with Crippen LogP contribution in [0.5, 0.6) is 0 Å². The van der Waals surface area contributed by atoms with Crippen molar-refractivity contribution in [3.05, 3.63) is 64.9 Å². The summed E-state index contributed by atoms with van der Waals surface area (Å²) in [5, 5.41) is 0.642. The highest BCUT2D eigenvalue weighted by Gasteiger charge is 2.60. The van der Waals surface area contributed by atoms with Crippen LogP contribution in [0.4, 0.5) is 0 Å². The van der Waals surface area contributed by atoms with E-state index in [2.05, 4.69) is 16.8 Å². The number of halogens is 1. The molecule has 0 N–H and O–H groups in total. The smallest absolute Gasteiger partial charge is 0.253 e. The molecule has 2 aliphatic rings. The molecular formula is C19H15ClN2O. The second-order valence-corrected chi connectivity index (χ2v) is 6.65. The maximum Gasteiger partial charge on any atom is 0.253 e. The normalized spacial score (nSPS) is 24.6. The number of carbonyl (C=O) groups excluding carboxylic acids is 1. The Kier molecular flexibility index (Phi) is 3.36. The number of rotatable bonds is 1. The van der Waals surface area contributed by atoms with E-state index in [4.69, 9.17) is 11.6 Å². The zero-order valence-corrected chi connectivity index (χ0v) is 13.3. The van der Waals surface area contributed by atoms with Gasteiger partial charge >= 0.3 is 0 Å². The molecule has 2 heterocycles. The van der Waals surface area contributed by atoms with Gasteiger partial charge in [-0.2, -0.15) is 0 Å². The third-order valence-electron chi connectivity index (χ3n) is 4.63. The van der Waals surface area contributed by atoms with Crippen LogP contribution in [-0.4, -0.2) is 28.9 Å². The van der Waals surface area contributed by atoms with E-state index in [9.17, 15) is 4.79 Å². The molecular weight excluding hydrogens is 308 g/mol. The summed E-state index contributed by atoms with van der Waals surface area (Å²) in [6.45, 7) is 1.50. The fourth-order valence-electron chi connectivity index (χ4n) is 3.23. The molecule has 1 saturated heterocycles. The van der Waals surface area contributed by atoms with E-state index >= 15 is 0 Å². The molecule has 1 aromatic heterocycles. The summed E-state index contributed by atoms with van der Waals surface area (Å²) in [5.41, 5.74) is 1.44. The van der Waals surface area contributed by atoms with Gasteiger partial charge in [-0.3, -0.25) is 4.79 Å². The molecule has 4 heteroatoms. The number of pyridine rings is 1. The molecule has 3 nitrogen and oxygen atoms in total. The number of hydrogen-bond donors (Lipinski definition) is 0. The molecule has 23 heavy (non-hydrogen) atoms. The number of benzene rings is 1. The lowest BCUT2D eigenvalue weighted by Crippen LogP contribution is -2.31. The standard InChI is InChI=1S/C19H15ClN2O/c20-16-6-4-14(5-7-16)18(23)22-12-15-11-19(15,13-22)9-8-17-3-1-2-10-21-17/h1-7,10,15H,11-13H2. The van der Waals surface area contributed by atoms with Gasteiger partial charge in [-0.15, -0.1) is 0 Å². The molecule has 1 aromatic carbocycles. The number of piperidine rings is 1. The number of amides is 1. The SMILES string of the molecule is O=C(c1ccc(Cl)cc1)N1CC2CC2(C#Cc2ccccn2)C1. The number of nitrogens with zero attached hydrogens (tertiary/aromatic N) is 2. The molecule has 2 fully saturated rings. The summed E-state index contributed by atoms with van der Waals surface area (Å²) in [6, 6.07) is 12.8. The third-order valence-corrected chi connectivity index (χ3v) is 4.88.